The lowest BCUT2D eigenvalue weighted by Crippen LogP contribution is -2.02. The molecule has 0 saturated heterocycles. The number of nitrogens with zero attached hydrogens (tertiary/aromatic N) is 1. The molecule has 0 bridgehead atoms. The molecule has 0 spiro atoms. The average Bonchev–Trinajstić information content (AvgIpc) is 2.30. The summed E-state index contributed by atoms with van der Waals surface area (Å²) in [6.45, 7) is 0.594. The van der Waals surface area contributed by atoms with E-state index >= 15 is 0 Å². The van der Waals surface area contributed by atoms with Crippen molar-refractivity contribution in [1.82, 2.24) is 4.98 Å². The lowest BCUT2D eigenvalue weighted by atomic mass is 10.1. The number of rotatable bonds is 4. The van der Waals surface area contributed by atoms with Crippen LogP contribution in [0.3, 0.4) is 0 Å². The Balaban J connectivity index is 2.26. The third-order valence-electron chi connectivity index (χ3n) is 2.45. The Morgan fingerprint density at radius 3 is 2.93 bits per heavy atom. The number of hydrogen-bond acceptors (Lipinski definition) is 3. The van der Waals surface area contributed by atoms with Crippen molar-refractivity contribution in [1.29, 1.82) is 0 Å². The summed E-state index contributed by atoms with van der Waals surface area (Å²) in [6.07, 6.45) is 3.76. The van der Waals surface area contributed by atoms with Crippen LogP contribution in [0.5, 0.6) is 0 Å². The maximum Gasteiger partial charge on any atom is 0.0704 e. The number of nitrogens with two attached hydrogens (primary N) is 1. The standard InChI is InChI=1S/C12H14N2O/c13-15-9-3-4-10-7-8-14-12-6-2-1-5-11(10)12/h1-2,5-8H,3-4,9,13H2. The molecule has 3 nitrogen and oxygen atoms in total. The predicted molar refractivity (Wildman–Crippen MR) is 60.2 cm³/mol. The third kappa shape index (κ3) is 2.32. The van der Waals surface area contributed by atoms with E-state index in [4.69, 9.17) is 5.90 Å². The summed E-state index contributed by atoms with van der Waals surface area (Å²) in [6, 6.07) is 10.2. The molecule has 0 atom stereocenters. The van der Waals surface area contributed by atoms with Crippen LogP contribution in [0.4, 0.5) is 0 Å². The fourth-order valence-corrected chi connectivity index (χ4v) is 1.72. The first kappa shape index (κ1) is 10.1. The summed E-state index contributed by atoms with van der Waals surface area (Å²) in [4.78, 5) is 8.87. The van der Waals surface area contributed by atoms with Crippen LogP contribution in [0.2, 0.25) is 0 Å². The van der Waals surface area contributed by atoms with E-state index in [-0.39, 0.29) is 0 Å². The minimum absolute atomic E-state index is 0.594. The Bertz CT molecular complexity index is 437. The Kier molecular flexibility index (Phi) is 3.27. The van der Waals surface area contributed by atoms with E-state index in [0.717, 1.165) is 18.4 Å². The van der Waals surface area contributed by atoms with Gasteiger partial charge in [-0.1, -0.05) is 18.2 Å². The molecule has 2 rings (SSSR count). The van der Waals surface area contributed by atoms with Crippen LogP contribution >= 0.6 is 0 Å². The first-order valence-corrected chi connectivity index (χ1v) is 5.06. The van der Waals surface area contributed by atoms with Crippen LogP contribution in [-0.2, 0) is 11.3 Å². The lowest BCUT2D eigenvalue weighted by Gasteiger charge is -2.04. The summed E-state index contributed by atoms with van der Waals surface area (Å²) in [5.74, 6) is 4.99. The van der Waals surface area contributed by atoms with Crippen molar-refractivity contribution in [2.24, 2.45) is 5.90 Å². The zero-order chi connectivity index (χ0) is 10.5. The molecule has 2 aromatic rings. The molecule has 0 aliphatic heterocycles. The number of aryl methyl sites for hydroxylation is 1. The molecule has 1 aromatic heterocycles. The van der Waals surface area contributed by atoms with Gasteiger partial charge in [-0.25, -0.2) is 5.90 Å². The quantitative estimate of drug-likeness (QED) is 0.609. The molecule has 15 heavy (non-hydrogen) atoms. The molecule has 0 amide bonds. The number of hydrogen-bond donors (Lipinski definition) is 1. The van der Waals surface area contributed by atoms with Gasteiger partial charge >= 0.3 is 0 Å². The van der Waals surface area contributed by atoms with E-state index in [1.807, 2.05) is 24.4 Å². The monoisotopic (exact) mass is 202 g/mol. The highest BCUT2D eigenvalue weighted by Gasteiger charge is 2.00. The number of benzene rings is 1. The SMILES string of the molecule is NOCCCc1ccnc2ccccc12. The normalized spacial score (nSPS) is 10.7. The van der Waals surface area contributed by atoms with Gasteiger partial charge in [0.2, 0.25) is 0 Å². The van der Waals surface area contributed by atoms with Crippen LogP contribution in [-0.4, -0.2) is 11.6 Å². The highest BCUT2D eigenvalue weighted by atomic mass is 16.6. The van der Waals surface area contributed by atoms with Gasteiger partial charge in [0.05, 0.1) is 12.1 Å². The molecular weight excluding hydrogens is 188 g/mol. The summed E-state index contributed by atoms with van der Waals surface area (Å²) in [7, 11) is 0. The third-order valence-corrected chi connectivity index (χ3v) is 2.45. The second kappa shape index (κ2) is 4.87. The van der Waals surface area contributed by atoms with Gasteiger partial charge in [0.25, 0.3) is 0 Å². The summed E-state index contributed by atoms with van der Waals surface area (Å²) >= 11 is 0. The molecule has 0 aliphatic rings. The van der Waals surface area contributed by atoms with Crippen molar-refractivity contribution in [2.45, 2.75) is 12.8 Å². The van der Waals surface area contributed by atoms with Gasteiger partial charge in [0, 0.05) is 11.6 Å². The van der Waals surface area contributed by atoms with Gasteiger partial charge in [0.1, 0.15) is 0 Å². The van der Waals surface area contributed by atoms with Crippen LogP contribution in [0, 0.1) is 0 Å². The molecule has 0 fully saturated rings. The summed E-state index contributed by atoms with van der Waals surface area (Å²) < 4.78 is 0. The fraction of sp³-hybridized carbons (Fsp3) is 0.250. The van der Waals surface area contributed by atoms with E-state index < -0.39 is 0 Å². The van der Waals surface area contributed by atoms with Gasteiger partial charge in [-0.05, 0) is 30.5 Å². The average molecular weight is 202 g/mol. The topological polar surface area (TPSA) is 48.1 Å². The minimum Gasteiger partial charge on any atom is -0.305 e. The highest BCUT2D eigenvalue weighted by molar-refractivity contribution is 5.81. The Morgan fingerprint density at radius 2 is 2.07 bits per heavy atom. The molecule has 0 aliphatic carbocycles. The maximum absolute atomic E-state index is 4.99. The van der Waals surface area contributed by atoms with Gasteiger partial charge in [0.15, 0.2) is 0 Å². The molecule has 2 N–H and O–H groups in total. The minimum atomic E-state index is 0.594. The lowest BCUT2D eigenvalue weighted by molar-refractivity contribution is 0.135. The highest BCUT2D eigenvalue weighted by Crippen LogP contribution is 2.17. The molecule has 78 valence electrons. The smallest absolute Gasteiger partial charge is 0.0704 e. The van der Waals surface area contributed by atoms with Crippen LogP contribution in [0.15, 0.2) is 36.5 Å². The number of fused-ring (bicyclic) bond motifs is 1. The second-order valence-corrected chi connectivity index (χ2v) is 3.46. The molecule has 1 heterocycles. The largest absolute Gasteiger partial charge is 0.305 e. The fourth-order valence-electron chi connectivity index (χ4n) is 1.72. The molecule has 3 heteroatoms. The van der Waals surface area contributed by atoms with Crippen molar-refractivity contribution in [3.05, 3.63) is 42.1 Å². The Labute approximate surface area is 88.8 Å². The van der Waals surface area contributed by atoms with E-state index in [0.29, 0.717) is 6.61 Å². The zero-order valence-corrected chi connectivity index (χ0v) is 8.52. The summed E-state index contributed by atoms with van der Waals surface area (Å²) in [5, 5.41) is 1.22. The number of aromatic nitrogens is 1. The van der Waals surface area contributed by atoms with E-state index in [1.165, 1.54) is 10.9 Å². The molecule has 1 aromatic carbocycles. The van der Waals surface area contributed by atoms with Gasteiger partial charge in [-0.15, -0.1) is 0 Å². The Hall–Kier alpha value is -1.45. The van der Waals surface area contributed by atoms with Crippen LogP contribution < -0.4 is 5.90 Å². The second-order valence-electron chi connectivity index (χ2n) is 3.46. The predicted octanol–water partition coefficient (Wildman–Crippen LogP) is 2.06. The van der Waals surface area contributed by atoms with E-state index in [1.54, 1.807) is 0 Å². The number of para-hydroxylation sites is 1. The van der Waals surface area contributed by atoms with Crippen molar-refractivity contribution < 1.29 is 4.84 Å². The zero-order valence-electron chi connectivity index (χ0n) is 8.52. The molecule has 0 radical (unpaired) electrons. The van der Waals surface area contributed by atoms with Crippen LogP contribution in [0.25, 0.3) is 10.9 Å². The van der Waals surface area contributed by atoms with Crippen molar-refractivity contribution in [3.8, 4) is 0 Å². The molecule has 0 unspecified atom stereocenters. The molecule has 0 saturated carbocycles. The first-order chi connectivity index (χ1) is 7.42. The summed E-state index contributed by atoms with van der Waals surface area (Å²) in [5.41, 5.74) is 2.35. The molecular formula is C12H14N2O. The first-order valence-electron chi connectivity index (χ1n) is 5.06. The maximum atomic E-state index is 4.99. The van der Waals surface area contributed by atoms with Crippen LogP contribution in [0.1, 0.15) is 12.0 Å². The van der Waals surface area contributed by atoms with Gasteiger partial charge in [-0.2, -0.15) is 0 Å². The van der Waals surface area contributed by atoms with Gasteiger partial charge < -0.3 is 4.84 Å². The van der Waals surface area contributed by atoms with Crippen molar-refractivity contribution >= 4 is 10.9 Å². The van der Waals surface area contributed by atoms with Crippen molar-refractivity contribution in [2.75, 3.05) is 6.61 Å². The Morgan fingerprint density at radius 1 is 1.20 bits per heavy atom. The van der Waals surface area contributed by atoms with Crippen molar-refractivity contribution in [3.63, 3.8) is 0 Å². The van der Waals surface area contributed by atoms with E-state index in [2.05, 4.69) is 22.0 Å². The van der Waals surface area contributed by atoms with E-state index in [9.17, 15) is 0 Å². The number of pyridine rings is 1. The van der Waals surface area contributed by atoms with Gasteiger partial charge in [-0.3, -0.25) is 4.98 Å².